The molecule has 0 fully saturated rings. The molecule has 1 amide bonds. The van der Waals surface area contributed by atoms with E-state index in [0.717, 1.165) is 6.04 Å². The summed E-state index contributed by atoms with van der Waals surface area (Å²) in [6.07, 6.45) is -0.874. The van der Waals surface area contributed by atoms with Crippen molar-refractivity contribution >= 4 is 26.1 Å². The number of carboxylic acids is 1. The Balaban J connectivity index is 4.16. The molecule has 0 aromatic carbocycles. The summed E-state index contributed by atoms with van der Waals surface area (Å²) in [6.45, 7) is 8.62. The molecular weight excluding hydrogens is 294 g/mol. The quantitative estimate of drug-likeness (QED) is 0.497. The van der Waals surface area contributed by atoms with Crippen molar-refractivity contribution in [2.24, 2.45) is 0 Å². The molecule has 0 saturated carbocycles. The summed E-state index contributed by atoms with van der Waals surface area (Å²) >= 11 is 0. The Morgan fingerprint density at radius 3 is 2.29 bits per heavy atom. The first-order valence-electron chi connectivity index (χ1n) is 6.97. The van der Waals surface area contributed by atoms with Gasteiger partial charge in [0.1, 0.15) is 6.04 Å². The zero-order valence-corrected chi connectivity index (χ0v) is 14.1. The van der Waals surface area contributed by atoms with E-state index in [1.165, 1.54) is 0 Å². The second-order valence-corrected chi connectivity index (χ2v) is 11.4. The number of hydrogen-bond acceptors (Lipinski definition) is 5. The molecule has 0 aromatic heterocycles. The van der Waals surface area contributed by atoms with Crippen LogP contribution in [0, 0.1) is 0 Å². The van der Waals surface area contributed by atoms with Gasteiger partial charge in [0.05, 0.1) is 13.2 Å². The summed E-state index contributed by atoms with van der Waals surface area (Å²) in [6, 6.07) is -0.352. The minimum absolute atomic E-state index is 0.0305. The maximum absolute atomic E-state index is 11.5. The second kappa shape index (κ2) is 9.38. The summed E-state index contributed by atoms with van der Waals surface area (Å²) in [5.41, 5.74) is 0. The van der Waals surface area contributed by atoms with Gasteiger partial charge in [0, 0.05) is 14.5 Å². The van der Waals surface area contributed by atoms with Crippen molar-refractivity contribution in [3.8, 4) is 0 Å². The molecule has 0 heterocycles. The van der Waals surface area contributed by atoms with Gasteiger partial charge in [-0.2, -0.15) is 0 Å². The average Bonchev–Trinajstić information content (AvgIpc) is 2.32. The number of ether oxygens (including phenoxy) is 2. The Morgan fingerprint density at radius 1 is 1.19 bits per heavy atom. The van der Waals surface area contributed by atoms with Crippen molar-refractivity contribution in [1.29, 1.82) is 0 Å². The molecule has 1 atom stereocenters. The molecule has 0 aliphatic carbocycles. The molecule has 0 aromatic rings. The first-order chi connectivity index (χ1) is 9.65. The zero-order valence-electron chi connectivity index (χ0n) is 13.1. The highest BCUT2D eigenvalue weighted by molar-refractivity contribution is 6.76. The van der Waals surface area contributed by atoms with Gasteiger partial charge in [-0.1, -0.05) is 19.6 Å². The van der Waals surface area contributed by atoms with Gasteiger partial charge in [-0.25, -0.2) is 9.59 Å². The van der Waals surface area contributed by atoms with Gasteiger partial charge in [-0.05, 0) is 19.4 Å². The third-order valence-electron chi connectivity index (χ3n) is 2.62. The lowest BCUT2D eigenvalue weighted by Gasteiger charge is -2.17. The average molecular weight is 319 g/mol. The van der Waals surface area contributed by atoms with Crippen LogP contribution in [0.25, 0.3) is 0 Å². The molecule has 0 spiro atoms. The first kappa shape index (κ1) is 19.4. The fraction of sp³-hybridized carbons (Fsp3) is 0.769. The Morgan fingerprint density at radius 2 is 1.81 bits per heavy atom. The summed E-state index contributed by atoms with van der Waals surface area (Å²) in [5.74, 6) is -1.70. The Hall–Kier alpha value is -1.57. The smallest absolute Gasteiger partial charge is 0.407 e. The van der Waals surface area contributed by atoms with Crippen molar-refractivity contribution in [1.82, 2.24) is 5.32 Å². The maximum atomic E-state index is 11.5. The van der Waals surface area contributed by atoms with Gasteiger partial charge in [-0.3, -0.25) is 4.79 Å². The molecule has 122 valence electrons. The van der Waals surface area contributed by atoms with Crippen molar-refractivity contribution < 1.29 is 29.0 Å². The normalized spacial score (nSPS) is 12.4. The third kappa shape index (κ3) is 10.8. The minimum atomic E-state index is -1.31. The molecule has 21 heavy (non-hydrogen) atoms. The van der Waals surface area contributed by atoms with Crippen molar-refractivity contribution in [3.05, 3.63) is 0 Å². The van der Waals surface area contributed by atoms with E-state index in [1.807, 2.05) is 0 Å². The van der Waals surface area contributed by atoms with E-state index in [2.05, 4.69) is 25.0 Å². The number of carbonyl (C=O) groups excluding carboxylic acids is 2. The highest BCUT2D eigenvalue weighted by Crippen LogP contribution is 2.08. The van der Waals surface area contributed by atoms with E-state index in [0.29, 0.717) is 0 Å². The van der Waals surface area contributed by atoms with Crippen molar-refractivity contribution in [3.63, 3.8) is 0 Å². The highest BCUT2D eigenvalue weighted by Gasteiger charge is 2.22. The maximum Gasteiger partial charge on any atom is 0.407 e. The summed E-state index contributed by atoms with van der Waals surface area (Å²) in [7, 11) is -1.31. The number of amides is 1. The number of rotatable bonds is 9. The van der Waals surface area contributed by atoms with Crippen LogP contribution < -0.4 is 5.32 Å². The summed E-state index contributed by atoms with van der Waals surface area (Å²) < 4.78 is 9.67. The molecule has 7 nitrogen and oxygen atoms in total. The SMILES string of the molecule is CCOC(=O)CC[C@H](NC(=O)OCC[Si](C)(C)C)C(=O)O. The Kier molecular flexibility index (Phi) is 8.68. The van der Waals surface area contributed by atoms with E-state index in [-0.39, 0.29) is 26.1 Å². The van der Waals surface area contributed by atoms with Gasteiger partial charge < -0.3 is 19.9 Å². The molecule has 2 N–H and O–H groups in total. The molecule has 0 saturated heterocycles. The first-order valence-corrected chi connectivity index (χ1v) is 10.7. The van der Waals surface area contributed by atoms with E-state index in [9.17, 15) is 14.4 Å². The Labute approximate surface area is 126 Å². The van der Waals surface area contributed by atoms with E-state index in [1.54, 1.807) is 6.92 Å². The number of carbonyl (C=O) groups is 3. The monoisotopic (exact) mass is 319 g/mol. The van der Waals surface area contributed by atoms with E-state index >= 15 is 0 Å². The predicted octanol–water partition coefficient (Wildman–Crippen LogP) is 1.85. The topological polar surface area (TPSA) is 102 Å². The molecule has 0 unspecified atom stereocenters. The van der Waals surface area contributed by atoms with Gasteiger partial charge in [0.2, 0.25) is 0 Å². The van der Waals surface area contributed by atoms with Crippen LogP contribution in [0.15, 0.2) is 0 Å². The van der Waals surface area contributed by atoms with Gasteiger partial charge in [-0.15, -0.1) is 0 Å². The number of alkyl carbamates (subject to hydrolysis) is 1. The molecule has 8 heteroatoms. The lowest BCUT2D eigenvalue weighted by molar-refractivity contribution is -0.144. The van der Waals surface area contributed by atoms with Crippen molar-refractivity contribution in [2.45, 2.75) is 51.5 Å². The number of hydrogen-bond donors (Lipinski definition) is 2. The number of aliphatic carboxylic acids is 1. The van der Waals surface area contributed by atoms with Crippen LogP contribution >= 0.6 is 0 Å². The van der Waals surface area contributed by atoms with E-state index in [4.69, 9.17) is 14.6 Å². The highest BCUT2D eigenvalue weighted by atomic mass is 28.3. The molecular formula is C13H25NO6Si. The van der Waals surface area contributed by atoms with Gasteiger partial charge >= 0.3 is 18.0 Å². The van der Waals surface area contributed by atoms with Crippen LogP contribution in [0.3, 0.4) is 0 Å². The van der Waals surface area contributed by atoms with Crippen LogP contribution in [-0.4, -0.2) is 50.5 Å². The predicted molar refractivity (Wildman–Crippen MR) is 79.9 cm³/mol. The summed E-state index contributed by atoms with van der Waals surface area (Å²) in [5, 5.41) is 11.3. The van der Waals surface area contributed by atoms with Crippen LogP contribution in [0.5, 0.6) is 0 Å². The van der Waals surface area contributed by atoms with Crippen LogP contribution in [0.1, 0.15) is 19.8 Å². The van der Waals surface area contributed by atoms with E-state index < -0.39 is 32.1 Å². The van der Waals surface area contributed by atoms with Crippen LogP contribution in [0.2, 0.25) is 25.7 Å². The second-order valence-electron chi connectivity index (χ2n) is 5.83. The summed E-state index contributed by atoms with van der Waals surface area (Å²) in [4.78, 5) is 33.7. The number of esters is 1. The standard InChI is InChI=1S/C13H25NO6Si/c1-5-19-11(15)7-6-10(12(16)17)14-13(18)20-8-9-21(2,3)4/h10H,5-9H2,1-4H3,(H,14,18)(H,16,17)/t10-/m0/s1. The van der Waals surface area contributed by atoms with Gasteiger partial charge in [0.15, 0.2) is 0 Å². The fourth-order valence-corrected chi connectivity index (χ4v) is 2.10. The minimum Gasteiger partial charge on any atom is -0.480 e. The molecule has 0 rings (SSSR count). The number of nitrogens with one attached hydrogen (secondary N) is 1. The van der Waals surface area contributed by atoms with Crippen LogP contribution in [-0.2, 0) is 19.1 Å². The zero-order chi connectivity index (χ0) is 16.5. The molecule has 0 aliphatic rings. The lowest BCUT2D eigenvalue weighted by atomic mass is 10.1. The fourth-order valence-electron chi connectivity index (χ4n) is 1.39. The largest absolute Gasteiger partial charge is 0.480 e. The van der Waals surface area contributed by atoms with Crippen LogP contribution in [0.4, 0.5) is 4.79 Å². The lowest BCUT2D eigenvalue weighted by Crippen LogP contribution is -2.41. The Bertz CT molecular complexity index is 366. The van der Waals surface area contributed by atoms with Crippen molar-refractivity contribution in [2.75, 3.05) is 13.2 Å². The third-order valence-corrected chi connectivity index (χ3v) is 4.32. The molecule has 0 radical (unpaired) electrons. The van der Waals surface area contributed by atoms with Gasteiger partial charge in [0.25, 0.3) is 0 Å². The molecule has 0 aliphatic heterocycles. The number of carboxylic acid groups (broad SMARTS) is 1. The molecule has 0 bridgehead atoms.